The number of nitrogens with zero attached hydrogens (tertiary/aromatic N) is 2. The number of unbranched alkanes of at least 4 members (excludes halogenated alkanes) is 1. The van der Waals surface area contributed by atoms with Crippen molar-refractivity contribution in [3.63, 3.8) is 0 Å². The zero-order chi connectivity index (χ0) is 14.9. The van der Waals surface area contributed by atoms with Gasteiger partial charge >= 0.3 is 0 Å². The Balaban J connectivity index is 0.00000242. The van der Waals surface area contributed by atoms with E-state index in [1.165, 1.54) is 0 Å². The quantitative estimate of drug-likeness (QED) is 0.448. The van der Waals surface area contributed by atoms with Gasteiger partial charge in [0.2, 0.25) is 0 Å². The van der Waals surface area contributed by atoms with Crippen molar-refractivity contribution in [1.82, 2.24) is 0 Å². The van der Waals surface area contributed by atoms with Gasteiger partial charge in [-0.25, -0.2) is 0 Å². The fourth-order valence-electron chi connectivity index (χ4n) is 2.08. The molecule has 0 amide bonds. The van der Waals surface area contributed by atoms with Gasteiger partial charge in [0.1, 0.15) is 0 Å². The molecule has 0 N–H and O–H groups in total. The van der Waals surface area contributed by atoms with Gasteiger partial charge < -0.3 is 0 Å². The van der Waals surface area contributed by atoms with Crippen LogP contribution in [-0.4, -0.2) is 11.4 Å². The van der Waals surface area contributed by atoms with E-state index in [2.05, 4.69) is 6.92 Å². The van der Waals surface area contributed by atoms with Crippen molar-refractivity contribution >= 4 is 22.8 Å². The van der Waals surface area contributed by atoms with E-state index in [0.29, 0.717) is 0 Å². The van der Waals surface area contributed by atoms with Crippen LogP contribution in [0.2, 0.25) is 0 Å². The summed E-state index contributed by atoms with van der Waals surface area (Å²) in [6, 6.07) is 20.1. The van der Waals surface area contributed by atoms with Crippen LogP contribution in [0.25, 0.3) is 0 Å². The molecule has 0 saturated carbocycles. The standard InChI is InChI=1S/C19H22N2.Pd/c1-3-4-15-19(21-18-13-9-6-10-14-18)16(2)20-17-11-7-5-8-12-17;/h5-14H,3-4,15H2,1-2H3;. The molecule has 0 heterocycles. The van der Waals surface area contributed by atoms with Crippen LogP contribution in [-0.2, 0) is 20.4 Å². The second kappa shape index (κ2) is 10.2. The molecule has 0 aliphatic heterocycles. The summed E-state index contributed by atoms with van der Waals surface area (Å²) in [6.07, 6.45) is 3.26. The maximum absolute atomic E-state index is 4.78. The summed E-state index contributed by atoms with van der Waals surface area (Å²) in [4.78, 5) is 9.47. The third-order valence-corrected chi connectivity index (χ3v) is 3.26. The normalized spacial score (nSPS) is 11.9. The van der Waals surface area contributed by atoms with E-state index >= 15 is 0 Å². The molecule has 22 heavy (non-hydrogen) atoms. The van der Waals surface area contributed by atoms with Crippen LogP contribution >= 0.6 is 0 Å². The van der Waals surface area contributed by atoms with Crippen LogP contribution in [0.4, 0.5) is 11.4 Å². The smallest absolute Gasteiger partial charge is 0.0633 e. The molecule has 118 valence electrons. The topological polar surface area (TPSA) is 24.7 Å². The molecule has 2 aromatic carbocycles. The van der Waals surface area contributed by atoms with Crippen molar-refractivity contribution in [2.75, 3.05) is 0 Å². The number of aliphatic imine (C=N–C) groups is 2. The van der Waals surface area contributed by atoms with Crippen molar-refractivity contribution in [2.24, 2.45) is 9.98 Å². The Labute approximate surface area is 147 Å². The summed E-state index contributed by atoms with van der Waals surface area (Å²) in [6.45, 7) is 4.24. The summed E-state index contributed by atoms with van der Waals surface area (Å²) in [7, 11) is 0. The van der Waals surface area contributed by atoms with Crippen molar-refractivity contribution < 1.29 is 20.4 Å². The van der Waals surface area contributed by atoms with Gasteiger partial charge in [-0.1, -0.05) is 49.7 Å². The van der Waals surface area contributed by atoms with Gasteiger partial charge in [0, 0.05) is 20.4 Å². The Kier molecular flexibility index (Phi) is 8.59. The predicted octanol–water partition coefficient (Wildman–Crippen LogP) is 5.74. The van der Waals surface area contributed by atoms with Crippen molar-refractivity contribution in [3.05, 3.63) is 60.7 Å². The summed E-state index contributed by atoms with van der Waals surface area (Å²) < 4.78 is 0. The number of benzene rings is 2. The van der Waals surface area contributed by atoms with Gasteiger partial charge in [-0.3, -0.25) is 9.98 Å². The molecule has 0 bridgehead atoms. The number of rotatable bonds is 6. The van der Waals surface area contributed by atoms with Gasteiger partial charge in [0.05, 0.1) is 22.8 Å². The van der Waals surface area contributed by atoms with Crippen LogP contribution in [0.15, 0.2) is 70.6 Å². The minimum Gasteiger partial charge on any atom is -0.252 e. The predicted molar refractivity (Wildman–Crippen MR) is 92.3 cm³/mol. The van der Waals surface area contributed by atoms with Gasteiger partial charge in [0.15, 0.2) is 0 Å². The summed E-state index contributed by atoms with van der Waals surface area (Å²) in [5, 5.41) is 0. The fourth-order valence-corrected chi connectivity index (χ4v) is 2.08. The molecule has 0 radical (unpaired) electrons. The van der Waals surface area contributed by atoms with Crippen molar-refractivity contribution in [2.45, 2.75) is 33.1 Å². The van der Waals surface area contributed by atoms with E-state index in [9.17, 15) is 0 Å². The molecule has 0 saturated heterocycles. The van der Waals surface area contributed by atoms with Crippen molar-refractivity contribution in [3.8, 4) is 0 Å². The molecule has 2 aromatic rings. The maximum atomic E-state index is 4.78. The average Bonchev–Trinajstić information content (AvgIpc) is 2.53. The molecule has 0 aromatic heterocycles. The first-order chi connectivity index (χ1) is 10.3. The van der Waals surface area contributed by atoms with E-state index in [-0.39, 0.29) is 20.4 Å². The van der Waals surface area contributed by atoms with E-state index in [4.69, 9.17) is 9.98 Å². The SMILES string of the molecule is CCCCC(=Nc1ccccc1)C(C)=Nc1ccccc1.[Pd]. The molecule has 0 fully saturated rings. The molecular weight excluding hydrogens is 363 g/mol. The fraction of sp³-hybridized carbons (Fsp3) is 0.263. The largest absolute Gasteiger partial charge is 0.252 e. The van der Waals surface area contributed by atoms with Gasteiger partial charge in [-0.2, -0.15) is 0 Å². The molecule has 0 aliphatic rings. The Morgan fingerprint density at radius 3 is 1.82 bits per heavy atom. The minimum absolute atomic E-state index is 0. The van der Waals surface area contributed by atoms with Crippen LogP contribution in [0.1, 0.15) is 33.1 Å². The number of hydrogen-bond donors (Lipinski definition) is 0. The summed E-state index contributed by atoms with van der Waals surface area (Å²) in [5.41, 5.74) is 4.05. The number of hydrogen-bond acceptors (Lipinski definition) is 2. The molecular formula is C19H22N2Pd. The second-order valence-electron chi connectivity index (χ2n) is 5.03. The van der Waals surface area contributed by atoms with Crippen LogP contribution in [0, 0.1) is 0 Å². The van der Waals surface area contributed by atoms with E-state index in [0.717, 1.165) is 42.1 Å². The third-order valence-electron chi connectivity index (χ3n) is 3.26. The first kappa shape index (κ1) is 18.5. The zero-order valence-corrected chi connectivity index (χ0v) is 14.7. The molecule has 0 atom stereocenters. The Morgan fingerprint density at radius 2 is 1.32 bits per heavy atom. The average molecular weight is 385 g/mol. The molecule has 0 spiro atoms. The van der Waals surface area contributed by atoms with Crippen LogP contribution < -0.4 is 0 Å². The van der Waals surface area contributed by atoms with Gasteiger partial charge in [-0.15, -0.1) is 0 Å². The van der Waals surface area contributed by atoms with Gasteiger partial charge in [-0.05, 0) is 44.0 Å². The maximum Gasteiger partial charge on any atom is 0.0633 e. The third kappa shape index (κ3) is 6.05. The molecule has 2 rings (SSSR count). The Hall–Kier alpha value is -1.56. The second-order valence-corrected chi connectivity index (χ2v) is 5.03. The Bertz CT molecular complexity index is 604. The zero-order valence-electron chi connectivity index (χ0n) is 13.1. The molecule has 0 aliphatic carbocycles. The summed E-state index contributed by atoms with van der Waals surface area (Å²) in [5.74, 6) is 0. The van der Waals surface area contributed by atoms with Crippen molar-refractivity contribution in [1.29, 1.82) is 0 Å². The Morgan fingerprint density at radius 1 is 0.818 bits per heavy atom. The monoisotopic (exact) mass is 384 g/mol. The molecule has 3 heteroatoms. The number of para-hydroxylation sites is 2. The summed E-state index contributed by atoms with van der Waals surface area (Å²) >= 11 is 0. The first-order valence-corrected chi connectivity index (χ1v) is 7.53. The molecule has 2 nitrogen and oxygen atoms in total. The van der Waals surface area contributed by atoms with E-state index in [1.807, 2.05) is 67.6 Å². The van der Waals surface area contributed by atoms with Gasteiger partial charge in [0.25, 0.3) is 0 Å². The molecule has 0 unspecified atom stereocenters. The first-order valence-electron chi connectivity index (χ1n) is 7.53. The van der Waals surface area contributed by atoms with E-state index < -0.39 is 0 Å². The minimum atomic E-state index is 0. The van der Waals surface area contributed by atoms with E-state index in [1.54, 1.807) is 0 Å². The van der Waals surface area contributed by atoms with Crippen LogP contribution in [0.5, 0.6) is 0 Å². The van der Waals surface area contributed by atoms with Crippen LogP contribution in [0.3, 0.4) is 0 Å².